The van der Waals surface area contributed by atoms with Gasteiger partial charge >= 0.3 is 0 Å². The molecule has 0 saturated carbocycles. The molecule has 0 spiro atoms. The number of amides is 2. The number of aromatic nitrogens is 1. The Morgan fingerprint density at radius 3 is 2.58 bits per heavy atom. The Kier molecular flexibility index (Phi) is 5.46. The Labute approximate surface area is 192 Å². The fourth-order valence-electron chi connectivity index (χ4n) is 4.92. The first-order chi connectivity index (χ1) is 16.1. The largest absolute Gasteiger partial charge is 0.493 e. The van der Waals surface area contributed by atoms with Crippen LogP contribution in [0, 0.1) is 0 Å². The van der Waals surface area contributed by atoms with Crippen LogP contribution in [0.1, 0.15) is 44.7 Å². The lowest BCUT2D eigenvalue weighted by molar-refractivity contribution is -0.124. The predicted octanol–water partition coefficient (Wildman–Crippen LogP) is 3.25. The molecule has 0 bridgehead atoms. The van der Waals surface area contributed by atoms with Crippen LogP contribution in [0.15, 0.2) is 60.8 Å². The van der Waals surface area contributed by atoms with Gasteiger partial charge in [-0.2, -0.15) is 0 Å². The lowest BCUT2D eigenvalue weighted by Crippen LogP contribution is -2.50. The predicted molar refractivity (Wildman–Crippen MR) is 122 cm³/mol. The number of hydrogen-bond donors (Lipinski definition) is 1. The highest BCUT2D eigenvalue weighted by molar-refractivity contribution is 6.02. The van der Waals surface area contributed by atoms with Gasteiger partial charge in [-0.25, -0.2) is 0 Å². The minimum atomic E-state index is -0.595. The van der Waals surface area contributed by atoms with Crippen molar-refractivity contribution < 1.29 is 19.1 Å². The van der Waals surface area contributed by atoms with Crippen molar-refractivity contribution in [2.24, 2.45) is 0 Å². The topological polar surface area (TPSA) is 80.8 Å². The molecule has 0 saturated heterocycles. The number of fused-ring (bicyclic) bond motifs is 4. The Balaban J connectivity index is 1.62. The quantitative estimate of drug-likeness (QED) is 0.655. The van der Waals surface area contributed by atoms with Gasteiger partial charge in [0.1, 0.15) is 0 Å². The van der Waals surface area contributed by atoms with E-state index in [1.54, 1.807) is 25.4 Å². The lowest BCUT2D eigenvalue weighted by Gasteiger charge is -2.45. The zero-order valence-electron chi connectivity index (χ0n) is 18.6. The Hall–Kier alpha value is -3.87. The molecular weight excluding hydrogens is 418 g/mol. The number of hydrogen-bond acceptors (Lipinski definition) is 5. The summed E-state index contributed by atoms with van der Waals surface area (Å²) in [5.41, 5.74) is 4.06. The number of pyridine rings is 1. The van der Waals surface area contributed by atoms with Gasteiger partial charge in [-0.15, -0.1) is 0 Å². The Morgan fingerprint density at radius 2 is 1.82 bits per heavy atom. The normalized spacial score (nSPS) is 18.6. The Morgan fingerprint density at radius 1 is 1.06 bits per heavy atom. The van der Waals surface area contributed by atoms with E-state index >= 15 is 0 Å². The number of nitrogens with zero attached hydrogens (tertiary/aromatic N) is 2. The summed E-state index contributed by atoms with van der Waals surface area (Å²) in [4.78, 5) is 33.4. The zero-order chi connectivity index (χ0) is 22.9. The van der Waals surface area contributed by atoms with Crippen molar-refractivity contribution in [3.8, 4) is 11.5 Å². The highest BCUT2D eigenvalue weighted by Gasteiger charge is 2.46. The monoisotopic (exact) mass is 443 g/mol. The van der Waals surface area contributed by atoms with Crippen molar-refractivity contribution in [2.45, 2.75) is 24.9 Å². The number of rotatable bonds is 5. The third-order valence-electron chi connectivity index (χ3n) is 6.48. The number of benzene rings is 2. The third kappa shape index (κ3) is 3.59. The minimum Gasteiger partial charge on any atom is -0.493 e. The van der Waals surface area contributed by atoms with E-state index in [0.717, 1.165) is 23.2 Å². The summed E-state index contributed by atoms with van der Waals surface area (Å²) in [5.74, 6) is 0.104. The first-order valence-corrected chi connectivity index (χ1v) is 10.9. The molecule has 0 fully saturated rings. The summed E-state index contributed by atoms with van der Waals surface area (Å²) in [5, 5.41) is 3.04. The summed E-state index contributed by atoms with van der Waals surface area (Å²) in [6.45, 7) is 0.861. The maximum Gasteiger partial charge on any atom is 0.254 e. The number of carbonyl (C=O) groups is 2. The molecule has 0 radical (unpaired) electrons. The molecule has 33 heavy (non-hydrogen) atoms. The minimum absolute atomic E-state index is 0.0979. The van der Waals surface area contributed by atoms with E-state index in [4.69, 9.17) is 9.47 Å². The first-order valence-electron chi connectivity index (χ1n) is 10.9. The van der Waals surface area contributed by atoms with Gasteiger partial charge in [0.2, 0.25) is 5.91 Å². The molecule has 2 amide bonds. The van der Waals surface area contributed by atoms with Gasteiger partial charge in [0.05, 0.1) is 38.4 Å². The van der Waals surface area contributed by atoms with Gasteiger partial charge in [-0.3, -0.25) is 14.6 Å². The molecule has 0 aliphatic carbocycles. The van der Waals surface area contributed by atoms with Crippen molar-refractivity contribution >= 4 is 11.8 Å². The van der Waals surface area contributed by atoms with Gasteiger partial charge in [-0.05, 0) is 47.4 Å². The van der Waals surface area contributed by atoms with Crippen LogP contribution in [0.25, 0.3) is 0 Å². The number of methoxy groups -OCH3 is 2. The average molecular weight is 444 g/mol. The van der Waals surface area contributed by atoms with E-state index < -0.39 is 12.0 Å². The van der Waals surface area contributed by atoms with E-state index in [2.05, 4.69) is 16.4 Å². The van der Waals surface area contributed by atoms with Crippen molar-refractivity contribution in [3.63, 3.8) is 0 Å². The zero-order valence-corrected chi connectivity index (χ0v) is 18.6. The molecule has 3 aromatic rings. The average Bonchev–Trinajstić information content (AvgIpc) is 2.87. The molecule has 2 atom stereocenters. The van der Waals surface area contributed by atoms with Gasteiger partial charge < -0.3 is 19.7 Å². The molecule has 5 rings (SSSR count). The molecule has 1 N–H and O–H groups in total. The summed E-state index contributed by atoms with van der Waals surface area (Å²) < 4.78 is 10.9. The maximum atomic E-state index is 13.7. The second kappa shape index (κ2) is 8.58. The van der Waals surface area contributed by atoms with Crippen LogP contribution in [0.2, 0.25) is 0 Å². The van der Waals surface area contributed by atoms with E-state index in [9.17, 15) is 9.59 Å². The molecule has 7 heteroatoms. The van der Waals surface area contributed by atoms with E-state index in [1.165, 1.54) is 7.11 Å². The first kappa shape index (κ1) is 21.0. The lowest BCUT2D eigenvalue weighted by atomic mass is 9.75. The van der Waals surface area contributed by atoms with Gasteiger partial charge in [-0.1, -0.05) is 30.3 Å². The van der Waals surface area contributed by atoms with Crippen LogP contribution >= 0.6 is 0 Å². The van der Waals surface area contributed by atoms with Gasteiger partial charge in [0, 0.05) is 18.3 Å². The molecule has 7 nitrogen and oxygen atoms in total. The fraction of sp³-hybridized carbons (Fsp3) is 0.269. The second-order valence-corrected chi connectivity index (χ2v) is 8.20. The molecule has 1 aromatic heterocycles. The molecule has 2 aliphatic rings. The summed E-state index contributed by atoms with van der Waals surface area (Å²) in [7, 11) is 3.09. The fourth-order valence-corrected chi connectivity index (χ4v) is 4.92. The molecule has 2 aliphatic heterocycles. The van der Waals surface area contributed by atoms with Crippen LogP contribution in [-0.2, 0) is 17.8 Å². The van der Waals surface area contributed by atoms with Crippen LogP contribution in [0.5, 0.6) is 11.5 Å². The number of ether oxygens (including phenoxy) is 2. The van der Waals surface area contributed by atoms with Gasteiger partial charge in [0.25, 0.3) is 5.91 Å². The highest BCUT2D eigenvalue weighted by Crippen LogP contribution is 2.48. The van der Waals surface area contributed by atoms with Crippen LogP contribution in [0.4, 0.5) is 0 Å². The Bertz CT molecular complexity index is 1210. The maximum absolute atomic E-state index is 13.7. The standard InChI is InChI=1S/C26H25N3O4/c1-32-21-13-19-20(14-22(21)33-2)26(31)29-12-10-16-7-3-4-9-18(16)24(29)23(19)25(30)28-15-17-8-5-6-11-27-17/h3-9,11,13-14,23-24H,10,12,15H2,1-2H3,(H,28,30)/t23-,24+/m0/s1. The molecular formula is C26H25N3O4. The van der Waals surface area contributed by atoms with E-state index in [1.807, 2.05) is 41.3 Å². The molecule has 168 valence electrons. The molecule has 3 heterocycles. The number of carbonyl (C=O) groups excluding carboxylic acids is 2. The molecule has 0 unspecified atom stereocenters. The summed E-state index contributed by atoms with van der Waals surface area (Å²) in [6, 6.07) is 16.7. The summed E-state index contributed by atoms with van der Waals surface area (Å²) >= 11 is 0. The second-order valence-electron chi connectivity index (χ2n) is 8.20. The van der Waals surface area contributed by atoms with Crippen LogP contribution in [-0.4, -0.2) is 42.5 Å². The van der Waals surface area contributed by atoms with Crippen LogP contribution < -0.4 is 14.8 Å². The van der Waals surface area contributed by atoms with Crippen molar-refractivity contribution in [1.29, 1.82) is 0 Å². The van der Waals surface area contributed by atoms with Gasteiger partial charge in [0.15, 0.2) is 11.5 Å². The highest BCUT2D eigenvalue weighted by atomic mass is 16.5. The van der Waals surface area contributed by atoms with E-state index in [0.29, 0.717) is 35.7 Å². The van der Waals surface area contributed by atoms with Crippen molar-refractivity contribution in [1.82, 2.24) is 15.2 Å². The SMILES string of the molecule is COc1cc2c(cc1OC)[C@H](C(=O)NCc1ccccn1)[C@H]1c3ccccc3CCN1C2=O. The smallest absolute Gasteiger partial charge is 0.254 e. The van der Waals surface area contributed by atoms with Crippen LogP contribution in [0.3, 0.4) is 0 Å². The number of nitrogens with one attached hydrogen (secondary N) is 1. The third-order valence-corrected chi connectivity index (χ3v) is 6.48. The molecule has 2 aromatic carbocycles. The van der Waals surface area contributed by atoms with Crippen molar-refractivity contribution in [3.05, 3.63) is 88.7 Å². The van der Waals surface area contributed by atoms with Crippen molar-refractivity contribution in [2.75, 3.05) is 20.8 Å². The van der Waals surface area contributed by atoms with E-state index in [-0.39, 0.29) is 11.8 Å². The summed E-state index contributed by atoms with van der Waals surface area (Å²) in [6.07, 6.45) is 2.45.